The highest BCUT2D eigenvalue weighted by atomic mass is 32.1. The summed E-state index contributed by atoms with van der Waals surface area (Å²) in [5.41, 5.74) is 5.85. The zero-order chi connectivity index (χ0) is 10.2. The first kappa shape index (κ1) is 9.87. The van der Waals surface area contributed by atoms with Crippen LogP contribution in [0.25, 0.3) is 0 Å². The van der Waals surface area contributed by atoms with Gasteiger partial charge in [0.25, 0.3) is 0 Å². The van der Waals surface area contributed by atoms with Gasteiger partial charge in [-0.3, -0.25) is 4.79 Å². The Morgan fingerprint density at radius 2 is 2.29 bits per heavy atom. The molecule has 2 N–H and O–H groups in total. The number of rotatable bonds is 3. The first-order valence-electron chi connectivity index (χ1n) is 4.98. The summed E-state index contributed by atoms with van der Waals surface area (Å²) < 4.78 is 0. The lowest BCUT2D eigenvalue weighted by atomic mass is 9.74. The van der Waals surface area contributed by atoms with Crippen LogP contribution in [0.5, 0.6) is 0 Å². The normalized spacial score (nSPS) is 19.0. The first-order chi connectivity index (χ1) is 6.59. The maximum absolute atomic E-state index is 11.8. The fraction of sp³-hybridized carbons (Fsp3) is 0.545. The summed E-state index contributed by atoms with van der Waals surface area (Å²) in [6.45, 7) is 2.02. The van der Waals surface area contributed by atoms with Crippen LogP contribution < -0.4 is 5.73 Å². The van der Waals surface area contributed by atoms with Gasteiger partial charge in [-0.15, -0.1) is 11.3 Å². The zero-order valence-corrected chi connectivity index (χ0v) is 9.19. The molecule has 1 aliphatic carbocycles. The molecule has 1 heterocycles. The second-order valence-corrected chi connectivity index (χ2v) is 5.51. The molecule has 14 heavy (non-hydrogen) atoms. The van der Waals surface area contributed by atoms with E-state index in [1.807, 2.05) is 19.1 Å². The van der Waals surface area contributed by atoms with E-state index in [0.29, 0.717) is 6.42 Å². The molecular formula is C11H15NOS. The zero-order valence-electron chi connectivity index (χ0n) is 8.38. The van der Waals surface area contributed by atoms with Crippen molar-refractivity contribution in [2.45, 2.75) is 38.1 Å². The predicted molar refractivity (Wildman–Crippen MR) is 58.8 cm³/mol. The minimum atomic E-state index is -0.186. The lowest BCUT2D eigenvalue weighted by Gasteiger charge is -2.37. The van der Waals surface area contributed by atoms with Gasteiger partial charge in [0, 0.05) is 16.8 Å². The van der Waals surface area contributed by atoms with Crippen molar-refractivity contribution >= 4 is 17.1 Å². The molecule has 0 atom stereocenters. The van der Waals surface area contributed by atoms with E-state index in [1.54, 1.807) is 11.3 Å². The van der Waals surface area contributed by atoms with Gasteiger partial charge in [0.1, 0.15) is 0 Å². The van der Waals surface area contributed by atoms with Crippen molar-refractivity contribution in [1.29, 1.82) is 0 Å². The van der Waals surface area contributed by atoms with Gasteiger partial charge in [0.05, 0.1) is 4.88 Å². The second-order valence-electron chi connectivity index (χ2n) is 4.23. The third kappa shape index (κ3) is 1.88. The maximum Gasteiger partial charge on any atom is 0.174 e. The highest BCUT2D eigenvalue weighted by Gasteiger charge is 2.34. The van der Waals surface area contributed by atoms with Crippen molar-refractivity contribution in [1.82, 2.24) is 0 Å². The number of carbonyl (C=O) groups excluding carboxylic acids is 1. The molecule has 0 aliphatic heterocycles. The number of ketones is 1. The van der Waals surface area contributed by atoms with Crippen LogP contribution in [0.15, 0.2) is 12.1 Å². The van der Waals surface area contributed by atoms with Crippen molar-refractivity contribution in [2.24, 2.45) is 5.73 Å². The number of nitrogens with two attached hydrogens (primary N) is 1. The topological polar surface area (TPSA) is 43.1 Å². The van der Waals surface area contributed by atoms with E-state index in [-0.39, 0.29) is 11.3 Å². The van der Waals surface area contributed by atoms with E-state index in [9.17, 15) is 4.79 Å². The summed E-state index contributed by atoms with van der Waals surface area (Å²) in [6.07, 6.45) is 3.70. The Labute approximate surface area is 88.1 Å². The van der Waals surface area contributed by atoms with E-state index in [0.717, 1.165) is 17.7 Å². The van der Waals surface area contributed by atoms with E-state index in [4.69, 9.17) is 5.73 Å². The van der Waals surface area contributed by atoms with E-state index >= 15 is 0 Å². The quantitative estimate of drug-likeness (QED) is 0.777. The van der Waals surface area contributed by atoms with Crippen LogP contribution in [-0.2, 0) is 0 Å². The summed E-state index contributed by atoms with van der Waals surface area (Å²) in [6, 6.07) is 3.90. The van der Waals surface area contributed by atoms with Gasteiger partial charge in [-0.05, 0) is 38.3 Å². The van der Waals surface area contributed by atoms with Crippen LogP contribution in [0.4, 0.5) is 0 Å². The summed E-state index contributed by atoms with van der Waals surface area (Å²) in [7, 11) is 0. The van der Waals surface area contributed by atoms with Crippen LogP contribution in [0, 0.1) is 6.92 Å². The molecule has 1 aromatic rings. The molecule has 0 amide bonds. The van der Waals surface area contributed by atoms with Crippen molar-refractivity contribution in [3.8, 4) is 0 Å². The first-order valence-corrected chi connectivity index (χ1v) is 5.79. The number of thiophene rings is 1. The molecule has 76 valence electrons. The number of Topliss-reactive ketones (excluding diaryl/α,β-unsaturated/α-hetero) is 1. The van der Waals surface area contributed by atoms with Crippen LogP contribution in [0.2, 0.25) is 0 Å². The standard InChI is InChI=1S/C11H15NOS/c1-8-3-4-10(14-8)9(13)7-11(12)5-2-6-11/h3-4H,2,5-7,12H2,1H3. The fourth-order valence-electron chi connectivity index (χ4n) is 1.80. The van der Waals surface area contributed by atoms with Gasteiger partial charge in [-0.2, -0.15) is 0 Å². The van der Waals surface area contributed by atoms with E-state index in [2.05, 4.69) is 0 Å². The minimum absolute atomic E-state index is 0.186. The fourth-order valence-corrected chi connectivity index (χ4v) is 2.60. The molecule has 0 saturated heterocycles. The molecule has 0 unspecified atom stereocenters. The Kier molecular flexibility index (Phi) is 2.45. The lowest BCUT2D eigenvalue weighted by Crippen LogP contribution is -2.47. The molecule has 1 aliphatic rings. The SMILES string of the molecule is Cc1ccc(C(=O)CC2(N)CCC2)s1. The smallest absolute Gasteiger partial charge is 0.174 e. The second kappa shape index (κ2) is 3.48. The monoisotopic (exact) mass is 209 g/mol. The molecule has 1 fully saturated rings. The van der Waals surface area contributed by atoms with E-state index in [1.165, 1.54) is 11.3 Å². The molecule has 1 aromatic heterocycles. The molecular weight excluding hydrogens is 194 g/mol. The van der Waals surface area contributed by atoms with Crippen LogP contribution >= 0.6 is 11.3 Å². The summed E-state index contributed by atoms with van der Waals surface area (Å²) in [4.78, 5) is 13.8. The molecule has 0 radical (unpaired) electrons. The molecule has 2 nitrogen and oxygen atoms in total. The van der Waals surface area contributed by atoms with Gasteiger partial charge in [0.15, 0.2) is 5.78 Å². The Hall–Kier alpha value is -0.670. The predicted octanol–water partition coefficient (Wildman–Crippen LogP) is 2.51. The van der Waals surface area contributed by atoms with Gasteiger partial charge >= 0.3 is 0 Å². The van der Waals surface area contributed by atoms with Crippen LogP contribution in [0.1, 0.15) is 40.2 Å². The Balaban J connectivity index is 2.02. The number of aryl methyl sites for hydroxylation is 1. The lowest BCUT2D eigenvalue weighted by molar-refractivity contribution is 0.0916. The maximum atomic E-state index is 11.8. The van der Waals surface area contributed by atoms with Crippen LogP contribution in [0.3, 0.4) is 0 Å². The third-order valence-electron chi connectivity index (χ3n) is 2.88. The Bertz CT molecular complexity index is 352. The van der Waals surface area contributed by atoms with Gasteiger partial charge in [-0.1, -0.05) is 0 Å². The van der Waals surface area contributed by atoms with E-state index < -0.39 is 0 Å². The van der Waals surface area contributed by atoms with Crippen molar-refractivity contribution in [3.05, 3.63) is 21.9 Å². The van der Waals surface area contributed by atoms with Crippen LogP contribution in [-0.4, -0.2) is 11.3 Å². The number of hydrogen-bond acceptors (Lipinski definition) is 3. The Morgan fingerprint density at radius 1 is 1.57 bits per heavy atom. The average Bonchev–Trinajstić information content (AvgIpc) is 2.49. The summed E-state index contributed by atoms with van der Waals surface area (Å²) in [5.74, 6) is 0.213. The summed E-state index contributed by atoms with van der Waals surface area (Å²) >= 11 is 1.57. The van der Waals surface area contributed by atoms with Crippen molar-refractivity contribution in [2.75, 3.05) is 0 Å². The largest absolute Gasteiger partial charge is 0.325 e. The third-order valence-corrected chi connectivity index (χ3v) is 3.92. The molecule has 0 spiro atoms. The molecule has 0 bridgehead atoms. The molecule has 2 rings (SSSR count). The number of hydrogen-bond donors (Lipinski definition) is 1. The minimum Gasteiger partial charge on any atom is -0.325 e. The molecule has 3 heteroatoms. The van der Waals surface area contributed by atoms with Gasteiger partial charge < -0.3 is 5.73 Å². The Morgan fingerprint density at radius 3 is 2.71 bits per heavy atom. The highest BCUT2D eigenvalue weighted by molar-refractivity contribution is 7.14. The van der Waals surface area contributed by atoms with Gasteiger partial charge in [-0.25, -0.2) is 0 Å². The van der Waals surface area contributed by atoms with Crippen molar-refractivity contribution in [3.63, 3.8) is 0 Å². The molecule has 0 aromatic carbocycles. The number of carbonyl (C=O) groups is 1. The summed E-state index contributed by atoms with van der Waals surface area (Å²) in [5, 5.41) is 0. The highest BCUT2D eigenvalue weighted by Crippen LogP contribution is 2.33. The van der Waals surface area contributed by atoms with Crippen molar-refractivity contribution < 1.29 is 4.79 Å². The van der Waals surface area contributed by atoms with Gasteiger partial charge in [0.2, 0.25) is 0 Å². The average molecular weight is 209 g/mol. The molecule has 1 saturated carbocycles.